The van der Waals surface area contributed by atoms with Crippen LogP contribution in [0.1, 0.15) is 110 Å². The molecule has 0 saturated heterocycles. The van der Waals surface area contributed by atoms with Gasteiger partial charge in [-0.1, -0.05) is 95.9 Å². The second kappa shape index (κ2) is 11.4. The SMILES string of the molecule is CCCCCCCC1(c2nccn2C(C)CCCCCC)C=CC=CC1. The average Bonchev–Trinajstić information content (AvgIpc) is 3.16. The molecule has 0 radical (unpaired) electrons. The summed E-state index contributed by atoms with van der Waals surface area (Å²) in [4.78, 5) is 4.87. The Morgan fingerprint density at radius 1 is 1.00 bits per heavy atom. The van der Waals surface area contributed by atoms with E-state index in [4.69, 9.17) is 4.98 Å². The van der Waals surface area contributed by atoms with Gasteiger partial charge in [-0.05, 0) is 26.2 Å². The van der Waals surface area contributed by atoms with Crippen LogP contribution in [0.3, 0.4) is 0 Å². The van der Waals surface area contributed by atoms with Crippen molar-refractivity contribution in [3.8, 4) is 0 Å². The maximum absolute atomic E-state index is 4.87. The Labute approximate surface area is 161 Å². The van der Waals surface area contributed by atoms with Crippen molar-refractivity contribution in [2.75, 3.05) is 0 Å². The molecule has 2 nitrogen and oxygen atoms in total. The van der Waals surface area contributed by atoms with Gasteiger partial charge in [-0.15, -0.1) is 0 Å². The first-order valence-corrected chi connectivity index (χ1v) is 11.1. The average molecular weight is 357 g/mol. The van der Waals surface area contributed by atoms with Gasteiger partial charge in [0.2, 0.25) is 0 Å². The van der Waals surface area contributed by atoms with Crippen molar-refractivity contribution in [2.24, 2.45) is 0 Å². The van der Waals surface area contributed by atoms with E-state index in [9.17, 15) is 0 Å². The largest absolute Gasteiger partial charge is 0.331 e. The van der Waals surface area contributed by atoms with E-state index in [0.29, 0.717) is 6.04 Å². The van der Waals surface area contributed by atoms with Crippen LogP contribution in [0, 0.1) is 0 Å². The first kappa shape index (κ1) is 21.0. The van der Waals surface area contributed by atoms with Crippen LogP contribution < -0.4 is 0 Å². The summed E-state index contributed by atoms with van der Waals surface area (Å²) in [5, 5.41) is 0. The van der Waals surface area contributed by atoms with Gasteiger partial charge in [0.25, 0.3) is 0 Å². The lowest BCUT2D eigenvalue weighted by Crippen LogP contribution is -2.29. The minimum Gasteiger partial charge on any atom is -0.331 e. The highest BCUT2D eigenvalue weighted by molar-refractivity contribution is 5.29. The van der Waals surface area contributed by atoms with Crippen LogP contribution in [-0.4, -0.2) is 9.55 Å². The zero-order valence-corrected chi connectivity index (χ0v) is 17.4. The van der Waals surface area contributed by atoms with E-state index in [1.165, 1.54) is 76.5 Å². The van der Waals surface area contributed by atoms with Gasteiger partial charge in [0.1, 0.15) is 5.82 Å². The fraction of sp³-hybridized carbons (Fsp3) is 0.708. The summed E-state index contributed by atoms with van der Waals surface area (Å²) in [6.45, 7) is 6.94. The van der Waals surface area contributed by atoms with E-state index in [-0.39, 0.29) is 5.41 Å². The van der Waals surface area contributed by atoms with Gasteiger partial charge in [0, 0.05) is 18.4 Å². The highest BCUT2D eigenvalue weighted by atomic mass is 15.1. The highest BCUT2D eigenvalue weighted by Crippen LogP contribution is 2.38. The first-order valence-electron chi connectivity index (χ1n) is 11.1. The van der Waals surface area contributed by atoms with E-state index in [1.807, 2.05) is 6.20 Å². The Balaban J connectivity index is 2.05. The molecule has 0 spiro atoms. The van der Waals surface area contributed by atoms with Crippen LogP contribution in [-0.2, 0) is 5.41 Å². The summed E-state index contributed by atoms with van der Waals surface area (Å²) >= 11 is 0. The summed E-state index contributed by atoms with van der Waals surface area (Å²) in [6, 6.07) is 0.542. The summed E-state index contributed by atoms with van der Waals surface area (Å²) in [6.07, 6.45) is 29.0. The van der Waals surface area contributed by atoms with Gasteiger partial charge in [-0.25, -0.2) is 4.98 Å². The Morgan fingerprint density at radius 2 is 1.73 bits per heavy atom. The van der Waals surface area contributed by atoms with Crippen molar-refractivity contribution in [3.63, 3.8) is 0 Å². The van der Waals surface area contributed by atoms with E-state index >= 15 is 0 Å². The van der Waals surface area contributed by atoms with Gasteiger partial charge < -0.3 is 4.57 Å². The standard InChI is InChI=1S/C24H40N2/c1-4-6-8-10-13-17-24(18-14-11-15-19-24)23-25-20-21-26(23)22(3)16-12-9-7-5-2/h11,14-15,18,20-22H,4-10,12-13,16-17,19H2,1-3H3. The topological polar surface area (TPSA) is 17.8 Å². The lowest BCUT2D eigenvalue weighted by molar-refractivity contribution is 0.381. The lowest BCUT2D eigenvalue weighted by atomic mass is 9.76. The third-order valence-corrected chi connectivity index (χ3v) is 5.94. The number of imidazole rings is 1. The molecule has 1 aliphatic carbocycles. The van der Waals surface area contributed by atoms with E-state index in [1.54, 1.807) is 0 Å². The molecule has 1 aromatic heterocycles. The molecule has 2 unspecified atom stereocenters. The fourth-order valence-electron chi connectivity index (χ4n) is 4.23. The number of nitrogens with zero attached hydrogens (tertiary/aromatic N) is 2. The van der Waals surface area contributed by atoms with Crippen molar-refractivity contribution in [1.29, 1.82) is 0 Å². The Morgan fingerprint density at radius 3 is 2.42 bits per heavy atom. The molecule has 0 aliphatic heterocycles. The van der Waals surface area contributed by atoms with Crippen molar-refractivity contribution in [2.45, 2.75) is 109 Å². The number of unbranched alkanes of at least 4 members (excludes halogenated alkanes) is 7. The van der Waals surface area contributed by atoms with Gasteiger partial charge in [0.15, 0.2) is 0 Å². The monoisotopic (exact) mass is 356 g/mol. The number of hydrogen-bond donors (Lipinski definition) is 0. The van der Waals surface area contributed by atoms with Crippen LogP contribution in [0.5, 0.6) is 0 Å². The normalized spacial score (nSPS) is 20.6. The van der Waals surface area contributed by atoms with Gasteiger partial charge >= 0.3 is 0 Å². The third-order valence-electron chi connectivity index (χ3n) is 5.94. The molecule has 1 aromatic rings. The summed E-state index contributed by atoms with van der Waals surface area (Å²) in [5.41, 5.74) is 0.0993. The molecular formula is C24H40N2. The Bertz CT molecular complexity index is 554. The van der Waals surface area contributed by atoms with Crippen LogP contribution in [0.4, 0.5) is 0 Å². The second-order valence-corrected chi connectivity index (χ2v) is 8.17. The molecule has 0 N–H and O–H groups in total. The number of hydrogen-bond acceptors (Lipinski definition) is 1. The fourth-order valence-corrected chi connectivity index (χ4v) is 4.23. The Hall–Kier alpha value is -1.31. The molecule has 26 heavy (non-hydrogen) atoms. The molecule has 146 valence electrons. The first-order chi connectivity index (χ1) is 12.7. The smallest absolute Gasteiger partial charge is 0.119 e. The van der Waals surface area contributed by atoms with Crippen molar-refractivity contribution < 1.29 is 0 Å². The molecule has 0 aromatic carbocycles. The predicted octanol–water partition coefficient (Wildman–Crippen LogP) is 7.53. The highest BCUT2D eigenvalue weighted by Gasteiger charge is 2.33. The molecular weight excluding hydrogens is 316 g/mol. The van der Waals surface area contributed by atoms with E-state index < -0.39 is 0 Å². The van der Waals surface area contributed by atoms with Crippen LogP contribution in [0.15, 0.2) is 36.7 Å². The molecule has 0 saturated carbocycles. The number of rotatable bonds is 13. The molecule has 0 bridgehead atoms. The molecule has 2 atom stereocenters. The zero-order chi connectivity index (χ0) is 18.7. The lowest BCUT2D eigenvalue weighted by Gasteiger charge is -2.33. The quantitative estimate of drug-likeness (QED) is 0.334. The summed E-state index contributed by atoms with van der Waals surface area (Å²) < 4.78 is 2.47. The number of aromatic nitrogens is 2. The van der Waals surface area contributed by atoms with Crippen LogP contribution >= 0.6 is 0 Å². The predicted molar refractivity (Wildman–Crippen MR) is 114 cm³/mol. The maximum atomic E-state index is 4.87. The molecule has 0 fully saturated rings. The van der Waals surface area contributed by atoms with Crippen molar-refractivity contribution in [1.82, 2.24) is 9.55 Å². The molecule has 2 rings (SSSR count). The van der Waals surface area contributed by atoms with E-state index in [2.05, 4.69) is 55.8 Å². The molecule has 2 heteroatoms. The van der Waals surface area contributed by atoms with Crippen molar-refractivity contribution >= 4 is 0 Å². The summed E-state index contributed by atoms with van der Waals surface area (Å²) in [7, 11) is 0. The maximum Gasteiger partial charge on any atom is 0.119 e. The summed E-state index contributed by atoms with van der Waals surface area (Å²) in [5.74, 6) is 1.29. The van der Waals surface area contributed by atoms with Crippen LogP contribution in [0.2, 0.25) is 0 Å². The number of allylic oxidation sites excluding steroid dienone is 4. The third kappa shape index (κ3) is 5.86. The van der Waals surface area contributed by atoms with Crippen LogP contribution in [0.25, 0.3) is 0 Å². The van der Waals surface area contributed by atoms with Gasteiger partial charge in [-0.2, -0.15) is 0 Å². The zero-order valence-electron chi connectivity index (χ0n) is 17.4. The molecule has 1 heterocycles. The minimum atomic E-state index is 0.0993. The second-order valence-electron chi connectivity index (χ2n) is 8.17. The van der Waals surface area contributed by atoms with Gasteiger partial charge in [-0.3, -0.25) is 0 Å². The minimum absolute atomic E-state index is 0.0993. The molecule has 1 aliphatic rings. The van der Waals surface area contributed by atoms with E-state index in [0.717, 1.165) is 6.42 Å². The Kier molecular flexibility index (Phi) is 9.22. The molecule has 0 amide bonds. The van der Waals surface area contributed by atoms with Gasteiger partial charge in [0.05, 0.1) is 5.41 Å². The van der Waals surface area contributed by atoms with Crippen molar-refractivity contribution in [3.05, 3.63) is 42.5 Å².